The van der Waals surface area contributed by atoms with E-state index in [1.807, 2.05) is 37.8 Å². The van der Waals surface area contributed by atoms with Crippen molar-refractivity contribution < 1.29 is 18.1 Å². The fraction of sp³-hybridized carbons (Fsp3) is 0.682. The third-order valence-corrected chi connectivity index (χ3v) is 8.54. The van der Waals surface area contributed by atoms with Gasteiger partial charge in [-0.1, -0.05) is 31.5 Å². The quantitative estimate of drug-likeness (QED) is 0.790. The number of rotatable bonds is 4. The van der Waals surface area contributed by atoms with Crippen LogP contribution in [0.15, 0.2) is 23.1 Å². The fourth-order valence-corrected chi connectivity index (χ4v) is 6.61. The zero-order valence-corrected chi connectivity index (χ0v) is 19.3. The van der Waals surface area contributed by atoms with Gasteiger partial charge in [0, 0.05) is 13.1 Å². The van der Waals surface area contributed by atoms with Gasteiger partial charge in [0.25, 0.3) is 5.91 Å². The molecular formula is C22H36N3O3S+. The molecule has 162 valence electrons. The Morgan fingerprint density at radius 2 is 1.69 bits per heavy atom. The molecule has 7 heteroatoms. The first-order valence-corrected chi connectivity index (χ1v) is 12.2. The zero-order valence-electron chi connectivity index (χ0n) is 18.4. The first-order chi connectivity index (χ1) is 13.6. The first-order valence-electron chi connectivity index (χ1n) is 10.8. The zero-order chi connectivity index (χ0) is 21.3. The Kier molecular flexibility index (Phi) is 6.70. The number of carbonyl (C=O) groups is 1. The second-order valence-corrected chi connectivity index (χ2v) is 11.1. The van der Waals surface area contributed by atoms with Crippen LogP contribution in [-0.4, -0.2) is 68.8 Å². The number of sulfonamides is 1. The Balaban J connectivity index is 1.63. The van der Waals surface area contributed by atoms with Gasteiger partial charge in [-0.15, -0.1) is 0 Å². The molecule has 0 bridgehead atoms. The van der Waals surface area contributed by atoms with Crippen LogP contribution in [0.25, 0.3) is 0 Å². The maximum Gasteiger partial charge on any atom is 0.280 e. The standard InChI is InChI=1S/C22H35N3O3S/c1-16-6-7-21(19(4)13-16)29(27,28)25-10-8-23(9-11-25)20(5)22(26)24-14-17(2)12-18(3)15-24/h6-7,13,17-18,20H,8-12,14-15H2,1-5H3/p+1/t17-,18+,20-/m0/s1. The number of quaternary nitrogens is 1. The Morgan fingerprint density at radius 3 is 2.24 bits per heavy atom. The molecule has 0 saturated carbocycles. The molecule has 1 aromatic carbocycles. The summed E-state index contributed by atoms with van der Waals surface area (Å²) < 4.78 is 27.8. The van der Waals surface area contributed by atoms with Crippen LogP contribution in [-0.2, 0) is 14.8 Å². The van der Waals surface area contributed by atoms with Gasteiger partial charge in [-0.3, -0.25) is 4.79 Å². The highest BCUT2D eigenvalue weighted by atomic mass is 32.2. The summed E-state index contributed by atoms with van der Waals surface area (Å²) in [6.45, 7) is 14.2. The summed E-state index contributed by atoms with van der Waals surface area (Å²) in [5.41, 5.74) is 1.85. The molecule has 1 N–H and O–H groups in total. The predicted molar refractivity (Wildman–Crippen MR) is 114 cm³/mol. The third-order valence-electron chi connectivity index (χ3n) is 6.48. The SMILES string of the molecule is Cc1ccc(S(=O)(=O)N2CC[NH+]([C@@H](C)C(=O)N3C[C@H](C)C[C@H](C)C3)CC2)c(C)c1. The van der Waals surface area contributed by atoms with Gasteiger partial charge in [0.2, 0.25) is 10.0 Å². The van der Waals surface area contributed by atoms with Crippen LogP contribution >= 0.6 is 0 Å². The second-order valence-electron chi connectivity index (χ2n) is 9.24. The number of piperidine rings is 1. The molecule has 0 radical (unpaired) electrons. The summed E-state index contributed by atoms with van der Waals surface area (Å²) in [5.74, 6) is 1.30. The highest BCUT2D eigenvalue weighted by Crippen LogP contribution is 2.22. The Hall–Kier alpha value is -1.44. The van der Waals surface area contributed by atoms with Crippen LogP contribution < -0.4 is 4.90 Å². The second kappa shape index (κ2) is 8.74. The molecule has 0 aromatic heterocycles. The lowest BCUT2D eigenvalue weighted by molar-refractivity contribution is -0.918. The van der Waals surface area contributed by atoms with Crippen LogP contribution in [0.2, 0.25) is 0 Å². The molecule has 2 fully saturated rings. The van der Waals surface area contributed by atoms with Crippen LogP contribution in [0.4, 0.5) is 0 Å². The van der Waals surface area contributed by atoms with Crippen molar-refractivity contribution in [3.63, 3.8) is 0 Å². The van der Waals surface area contributed by atoms with E-state index in [1.54, 1.807) is 10.4 Å². The number of carbonyl (C=O) groups excluding carboxylic acids is 1. The van der Waals surface area contributed by atoms with Crippen molar-refractivity contribution in [2.24, 2.45) is 11.8 Å². The molecule has 29 heavy (non-hydrogen) atoms. The summed E-state index contributed by atoms with van der Waals surface area (Å²) in [4.78, 5) is 16.6. The summed E-state index contributed by atoms with van der Waals surface area (Å²) in [6, 6.07) is 5.35. The van der Waals surface area contributed by atoms with E-state index in [0.29, 0.717) is 42.9 Å². The minimum absolute atomic E-state index is 0.126. The normalized spacial score (nSPS) is 25.8. The molecule has 2 heterocycles. The van der Waals surface area contributed by atoms with Gasteiger partial charge in [0.1, 0.15) is 0 Å². The van der Waals surface area contributed by atoms with Crippen molar-refractivity contribution in [1.29, 1.82) is 0 Å². The largest absolute Gasteiger partial charge is 0.337 e. The molecule has 2 aliphatic rings. The van der Waals surface area contributed by atoms with E-state index < -0.39 is 10.0 Å². The molecule has 0 aliphatic carbocycles. The first kappa shape index (κ1) is 22.2. The topological polar surface area (TPSA) is 62.1 Å². The molecule has 3 atom stereocenters. The van der Waals surface area contributed by atoms with Crippen molar-refractivity contribution in [3.8, 4) is 0 Å². The number of benzene rings is 1. The highest BCUT2D eigenvalue weighted by molar-refractivity contribution is 7.89. The van der Waals surface area contributed by atoms with Crippen molar-refractivity contribution in [1.82, 2.24) is 9.21 Å². The maximum absolute atomic E-state index is 13.1. The lowest BCUT2D eigenvalue weighted by atomic mass is 9.91. The summed E-state index contributed by atoms with van der Waals surface area (Å²) in [5, 5.41) is 0. The van der Waals surface area contributed by atoms with Gasteiger partial charge in [-0.05, 0) is 50.7 Å². The van der Waals surface area contributed by atoms with Gasteiger partial charge >= 0.3 is 0 Å². The van der Waals surface area contributed by atoms with Crippen molar-refractivity contribution >= 4 is 15.9 Å². The van der Waals surface area contributed by atoms with Crippen LogP contribution in [0, 0.1) is 25.7 Å². The molecule has 2 saturated heterocycles. The number of aryl methyl sites for hydroxylation is 2. The van der Waals surface area contributed by atoms with E-state index in [2.05, 4.69) is 13.8 Å². The van der Waals surface area contributed by atoms with E-state index in [0.717, 1.165) is 24.2 Å². The summed E-state index contributed by atoms with van der Waals surface area (Å²) >= 11 is 0. The lowest BCUT2D eigenvalue weighted by Crippen LogP contribution is -3.19. The van der Waals surface area contributed by atoms with Crippen molar-refractivity contribution in [2.45, 2.75) is 52.0 Å². The molecule has 6 nitrogen and oxygen atoms in total. The molecule has 1 aromatic rings. The van der Waals surface area contributed by atoms with E-state index in [1.165, 1.54) is 11.3 Å². The van der Waals surface area contributed by atoms with Gasteiger partial charge in [-0.25, -0.2) is 8.42 Å². The minimum Gasteiger partial charge on any atom is -0.337 e. The average molecular weight is 423 g/mol. The van der Waals surface area contributed by atoms with Crippen LogP contribution in [0.1, 0.15) is 38.3 Å². The molecule has 1 amide bonds. The number of nitrogens with zero attached hydrogens (tertiary/aromatic N) is 2. The number of amides is 1. The smallest absolute Gasteiger partial charge is 0.280 e. The molecule has 2 aliphatic heterocycles. The predicted octanol–water partition coefficient (Wildman–Crippen LogP) is 1.09. The number of hydrogen-bond donors (Lipinski definition) is 1. The monoisotopic (exact) mass is 422 g/mol. The Bertz CT molecular complexity index is 837. The number of piperazine rings is 1. The Morgan fingerprint density at radius 1 is 1.10 bits per heavy atom. The highest BCUT2D eigenvalue weighted by Gasteiger charge is 2.37. The van der Waals surface area contributed by atoms with Gasteiger partial charge in [0.15, 0.2) is 6.04 Å². The molecular weight excluding hydrogens is 386 g/mol. The Labute approximate surface area is 175 Å². The van der Waals surface area contributed by atoms with E-state index in [4.69, 9.17) is 0 Å². The van der Waals surface area contributed by atoms with E-state index in [-0.39, 0.29) is 11.9 Å². The van der Waals surface area contributed by atoms with Crippen LogP contribution in [0.3, 0.4) is 0 Å². The number of likely N-dealkylation sites (tertiary alicyclic amines) is 1. The number of hydrogen-bond acceptors (Lipinski definition) is 3. The number of nitrogens with one attached hydrogen (secondary N) is 1. The summed E-state index contributed by atoms with van der Waals surface area (Å²) in [7, 11) is -3.49. The van der Waals surface area contributed by atoms with Crippen molar-refractivity contribution in [2.75, 3.05) is 39.3 Å². The third kappa shape index (κ3) is 4.84. The van der Waals surface area contributed by atoms with Gasteiger partial charge < -0.3 is 9.80 Å². The van der Waals surface area contributed by atoms with Crippen LogP contribution in [0.5, 0.6) is 0 Å². The summed E-state index contributed by atoms with van der Waals surface area (Å²) in [6.07, 6.45) is 1.18. The average Bonchev–Trinajstić information content (AvgIpc) is 2.66. The molecule has 0 spiro atoms. The van der Waals surface area contributed by atoms with E-state index in [9.17, 15) is 13.2 Å². The van der Waals surface area contributed by atoms with Gasteiger partial charge in [0.05, 0.1) is 31.1 Å². The maximum atomic E-state index is 13.1. The molecule has 3 rings (SSSR count). The van der Waals surface area contributed by atoms with E-state index >= 15 is 0 Å². The lowest BCUT2D eigenvalue weighted by Gasteiger charge is -2.39. The fourth-order valence-electron chi connectivity index (χ4n) is 4.97. The molecule has 0 unspecified atom stereocenters. The minimum atomic E-state index is -3.49. The van der Waals surface area contributed by atoms with Crippen molar-refractivity contribution in [3.05, 3.63) is 29.3 Å². The van der Waals surface area contributed by atoms with Gasteiger partial charge in [-0.2, -0.15) is 4.31 Å².